The van der Waals surface area contributed by atoms with E-state index < -0.39 is 11.2 Å². The van der Waals surface area contributed by atoms with Crippen molar-refractivity contribution in [2.45, 2.75) is 88.3 Å². The second-order valence-corrected chi connectivity index (χ2v) is 11.2. The molecule has 1 aromatic carbocycles. The minimum atomic E-state index is -1.20. The summed E-state index contributed by atoms with van der Waals surface area (Å²) in [7, 11) is 3.56. The number of hydrogen-bond donors (Lipinski definition) is 3. The molecule has 2 aliphatic rings. The van der Waals surface area contributed by atoms with E-state index in [4.69, 9.17) is 4.74 Å². The van der Waals surface area contributed by atoms with Crippen molar-refractivity contribution in [3.63, 3.8) is 0 Å². The molecule has 7 heteroatoms. The van der Waals surface area contributed by atoms with Crippen LogP contribution in [0.3, 0.4) is 0 Å². The maximum absolute atomic E-state index is 14.1. The van der Waals surface area contributed by atoms with Crippen LogP contribution in [-0.2, 0) is 15.1 Å². The lowest BCUT2D eigenvalue weighted by Crippen LogP contribution is -2.49. The van der Waals surface area contributed by atoms with Crippen molar-refractivity contribution in [2.75, 3.05) is 40.4 Å². The Kier molecular flexibility index (Phi) is 11.2. The summed E-state index contributed by atoms with van der Waals surface area (Å²) >= 11 is 0. The highest BCUT2D eigenvalue weighted by atomic mass is 19.1. The Morgan fingerprint density at radius 3 is 2.75 bits per heavy atom. The highest BCUT2D eigenvalue weighted by Crippen LogP contribution is 2.40. The number of aliphatic hydroxyl groups is 2. The minimum Gasteiger partial charge on any atom is -0.390 e. The number of halogens is 1. The average molecular weight is 507 g/mol. The van der Waals surface area contributed by atoms with Crippen molar-refractivity contribution in [2.24, 2.45) is 11.8 Å². The number of carbonyl (C=O) groups excluding carboxylic acids is 1. The van der Waals surface area contributed by atoms with Crippen LogP contribution >= 0.6 is 0 Å². The summed E-state index contributed by atoms with van der Waals surface area (Å²) in [5.41, 5.74) is -1.27. The molecule has 6 nitrogen and oxygen atoms in total. The van der Waals surface area contributed by atoms with Gasteiger partial charge in [0.15, 0.2) is 0 Å². The predicted octanol–water partition coefficient (Wildman–Crippen LogP) is 4.38. The van der Waals surface area contributed by atoms with Crippen LogP contribution in [0.1, 0.15) is 82.6 Å². The first-order chi connectivity index (χ1) is 17.3. The van der Waals surface area contributed by atoms with Gasteiger partial charge in [-0.2, -0.15) is 0 Å². The first-order valence-electron chi connectivity index (χ1n) is 13.9. The molecular formula is C29H47FN2O4. The van der Waals surface area contributed by atoms with E-state index in [0.717, 1.165) is 51.4 Å². The third-order valence-corrected chi connectivity index (χ3v) is 8.34. The van der Waals surface area contributed by atoms with Gasteiger partial charge in [-0.3, -0.25) is 4.79 Å². The standard InChI is InChI=1S/C29H47FN2O4/c1-31-21-23(20-28(34)13-4-3-5-14-28)18-27(33)32-16-9-11-25(22-32)29(35,15-6-7-17-36-2)24-10-8-12-26(30)19-24/h8,10,12,19,23,25,31,34-35H,3-7,9,11,13-18,20-22H2,1-2H3/t23-,25+,29+/m0/s1. The number of piperidine rings is 1. The summed E-state index contributed by atoms with van der Waals surface area (Å²) < 4.78 is 19.3. The van der Waals surface area contributed by atoms with Gasteiger partial charge in [0.05, 0.1) is 11.2 Å². The van der Waals surface area contributed by atoms with Crippen molar-refractivity contribution in [3.8, 4) is 0 Å². The van der Waals surface area contributed by atoms with E-state index in [-0.39, 0.29) is 23.6 Å². The first kappa shape index (κ1) is 29.0. The van der Waals surface area contributed by atoms with Crippen LogP contribution in [0.2, 0.25) is 0 Å². The van der Waals surface area contributed by atoms with Gasteiger partial charge in [0.1, 0.15) is 5.82 Å². The van der Waals surface area contributed by atoms with Gasteiger partial charge in [0.2, 0.25) is 5.91 Å². The summed E-state index contributed by atoms with van der Waals surface area (Å²) in [4.78, 5) is 15.3. The van der Waals surface area contributed by atoms with Gasteiger partial charge in [-0.15, -0.1) is 0 Å². The number of benzene rings is 1. The molecule has 1 saturated carbocycles. The summed E-state index contributed by atoms with van der Waals surface area (Å²) in [6, 6.07) is 6.28. The molecule has 3 atom stereocenters. The smallest absolute Gasteiger partial charge is 0.222 e. The fourth-order valence-corrected chi connectivity index (χ4v) is 6.41. The number of nitrogens with zero attached hydrogens (tertiary/aromatic N) is 1. The van der Waals surface area contributed by atoms with Crippen LogP contribution in [0.25, 0.3) is 0 Å². The number of carbonyl (C=O) groups is 1. The molecule has 1 amide bonds. The van der Waals surface area contributed by atoms with Crippen molar-refractivity contribution in [3.05, 3.63) is 35.6 Å². The largest absolute Gasteiger partial charge is 0.390 e. The Balaban J connectivity index is 1.70. The van der Waals surface area contributed by atoms with Gasteiger partial charge in [0, 0.05) is 39.1 Å². The fourth-order valence-electron chi connectivity index (χ4n) is 6.41. The van der Waals surface area contributed by atoms with Gasteiger partial charge in [-0.05, 0) is 88.6 Å². The van der Waals surface area contributed by atoms with Crippen LogP contribution in [0, 0.1) is 17.7 Å². The second kappa shape index (κ2) is 13.8. The van der Waals surface area contributed by atoms with E-state index in [0.29, 0.717) is 51.1 Å². The molecule has 0 unspecified atom stereocenters. The number of hydrogen-bond acceptors (Lipinski definition) is 5. The summed E-state index contributed by atoms with van der Waals surface area (Å²) in [6.45, 7) is 2.45. The number of methoxy groups -OCH3 is 1. The Bertz CT molecular complexity index is 816. The first-order valence-corrected chi connectivity index (χ1v) is 13.9. The van der Waals surface area contributed by atoms with Crippen LogP contribution in [-0.4, -0.2) is 67.0 Å². The van der Waals surface area contributed by atoms with Crippen LogP contribution in [0.15, 0.2) is 24.3 Å². The number of likely N-dealkylation sites (tertiary alicyclic amines) is 1. The Labute approximate surface area is 216 Å². The SMILES string of the molecule is CNC[C@@H](CC(=O)N1CCC[C@@H]([C@@](O)(CCCCOC)c2cccc(F)c2)C1)CC1(O)CCCCC1. The average Bonchev–Trinajstić information content (AvgIpc) is 2.87. The molecule has 0 bridgehead atoms. The minimum absolute atomic E-state index is 0.0714. The molecule has 0 aromatic heterocycles. The number of rotatable bonds is 13. The van der Waals surface area contributed by atoms with E-state index in [1.165, 1.54) is 18.6 Å². The molecule has 3 N–H and O–H groups in total. The van der Waals surface area contributed by atoms with Crippen molar-refractivity contribution in [1.82, 2.24) is 10.2 Å². The second-order valence-electron chi connectivity index (χ2n) is 11.2. The molecule has 204 valence electrons. The zero-order chi connectivity index (χ0) is 26.0. The summed E-state index contributed by atoms with van der Waals surface area (Å²) in [5, 5.41) is 26.3. The molecule has 0 radical (unpaired) electrons. The molecule has 1 aromatic rings. The molecule has 3 rings (SSSR count). The lowest BCUT2D eigenvalue weighted by atomic mass is 9.74. The van der Waals surface area contributed by atoms with Crippen molar-refractivity contribution in [1.29, 1.82) is 0 Å². The zero-order valence-electron chi connectivity index (χ0n) is 22.3. The molecule has 1 aliphatic heterocycles. The molecule has 1 saturated heterocycles. The zero-order valence-corrected chi connectivity index (χ0v) is 22.3. The molecular weight excluding hydrogens is 459 g/mol. The normalized spacial score (nSPS) is 22.7. The monoisotopic (exact) mass is 506 g/mol. The number of amides is 1. The topological polar surface area (TPSA) is 82.0 Å². The fraction of sp³-hybridized carbons (Fsp3) is 0.759. The maximum Gasteiger partial charge on any atom is 0.222 e. The quantitative estimate of drug-likeness (QED) is 0.346. The Hall–Kier alpha value is -1.54. The molecule has 36 heavy (non-hydrogen) atoms. The van der Waals surface area contributed by atoms with Crippen LogP contribution in [0.4, 0.5) is 4.39 Å². The lowest BCUT2D eigenvalue weighted by Gasteiger charge is -2.43. The van der Waals surface area contributed by atoms with E-state index in [1.54, 1.807) is 19.2 Å². The van der Waals surface area contributed by atoms with E-state index in [9.17, 15) is 19.4 Å². The number of unbranched alkanes of at least 4 members (excludes halogenated alkanes) is 1. The van der Waals surface area contributed by atoms with Crippen molar-refractivity contribution >= 4 is 5.91 Å². The van der Waals surface area contributed by atoms with E-state index in [1.807, 2.05) is 11.9 Å². The van der Waals surface area contributed by atoms with Crippen LogP contribution < -0.4 is 5.32 Å². The lowest BCUT2D eigenvalue weighted by molar-refractivity contribution is -0.138. The van der Waals surface area contributed by atoms with Crippen molar-refractivity contribution < 1.29 is 24.1 Å². The Morgan fingerprint density at radius 1 is 1.28 bits per heavy atom. The Morgan fingerprint density at radius 2 is 2.06 bits per heavy atom. The van der Waals surface area contributed by atoms with E-state index >= 15 is 0 Å². The van der Waals surface area contributed by atoms with E-state index in [2.05, 4.69) is 5.32 Å². The van der Waals surface area contributed by atoms with Gasteiger partial charge < -0.3 is 25.2 Å². The number of ether oxygens (including phenoxy) is 1. The van der Waals surface area contributed by atoms with Crippen LogP contribution in [0.5, 0.6) is 0 Å². The van der Waals surface area contributed by atoms with Gasteiger partial charge in [0.25, 0.3) is 0 Å². The van der Waals surface area contributed by atoms with Gasteiger partial charge in [-0.25, -0.2) is 4.39 Å². The third kappa shape index (κ3) is 7.98. The highest BCUT2D eigenvalue weighted by Gasteiger charge is 2.42. The summed E-state index contributed by atoms with van der Waals surface area (Å²) in [6.07, 6.45) is 9.62. The van der Waals surface area contributed by atoms with Gasteiger partial charge >= 0.3 is 0 Å². The number of nitrogens with one attached hydrogen (secondary N) is 1. The summed E-state index contributed by atoms with van der Waals surface area (Å²) in [5.74, 6) is -0.366. The van der Waals surface area contributed by atoms with Gasteiger partial charge in [-0.1, -0.05) is 31.4 Å². The molecule has 1 aliphatic carbocycles. The third-order valence-electron chi connectivity index (χ3n) is 8.34. The molecule has 1 heterocycles. The highest BCUT2D eigenvalue weighted by molar-refractivity contribution is 5.76. The predicted molar refractivity (Wildman–Crippen MR) is 140 cm³/mol. The maximum atomic E-state index is 14.1. The molecule has 0 spiro atoms. The molecule has 2 fully saturated rings.